The number of nitrogens with zero attached hydrogens (tertiary/aromatic N) is 1. The molecule has 1 aliphatic rings. The molecule has 0 bridgehead atoms. The van der Waals surface area contributed by atoms with Gasteiger partial charge in [-0.1, -0.05) is 17.3 Å². The van der Waals surface area contributed by atoms with Gasteiger partial charge < -0.3 is 19.9 Å². The lowest BCUT2D eigenvalue weighted by molar-refractivity contribution is 0.0945. The van der Waals surface area contributed by atoms with Crippen molar-refractivity contribution in [3.05, 3.63) is 47.3 Å². The van der Waals surface area contributed by atoms with Crippen molar-refractivity contribution in [3.8, 4) is 5.75 Å². The number of methoxy groups -OCH3 is 1. The van der Waals surface area contributed by atoms with Crippen LogP contribution in [0.3, 0.4) is 0 Å². The maximum Gasteiger partial charge on any atom is 0.273 e. The third-order valence-electron chi connectivity index (χ3n) is 3.79. The fourth-order valence-corrected chi connectivity index (χ4v) is 2.24. The van der Waals surface area contributed by atoms with Gasteiger partial charge in [-0.15, -0.1) is 0 Å². The number of carbonyl (C=O) groups excluding carboxylic acids is 1. The summed E-state index contributed by atoms with van der Waals surface area (Å²) >= 11 is 0. The molecule has 0 spiro atoms. The fourth-order valence-electron chi connectivity index (χ4n) is 2.24. The van der Waals surface area contributed by atoms with Crippen LogP contribution in [0.4, 0.5) is 0 Å². The number of ether oxygens (including phenoxy) is 1. The summed E-state index contributed by atoms with van der Waals surface area (Å²) in [6.45, 7) is 1.17. The number of aromatic nitrogens is 1. The molecule has 1 amide bonds. The number of hydrogen-bond acceptors (Lipinski definition) is 5. The number of benzene rings is 1. The zero-order chi connectivity index (χ0) is 16.1. The first-order valence-corrected chi connectivity index (χ1v) is 7.84. The lowest BCUT2D eigenvalue weighted by Gasteiger charge is -2.04. The molecule has 0 aliphatic heterocycles. The third-order valence-corrected chi connectivity index (χ3v) is 3.79. The van der Waals surface area contributed by atoms with E-state index in [-0.39, 0.29) is 5.91 Å². The summed E-state index contributed by atoms with van der Waals surface area (Å²) in [5.74, 6) is 1.31. The van der Waals surface area contributed by atoms with E-state index in [2.05, 4.69) is 15.8 Å². The lowest BCUT2D eigenvalue weighted by atomic mass is 10.1. The van der Waals surface area contributed by atoms with E-state index in [4.69, 9.17) is 9.26 Å². The molecule has 1 saturated carbocycles. The molecular formula is C17H21N3O3. The van der Waals surface area contributed by atoms with E-state index in [1.807, 2.05) is 24.3 Å². The molecule has 0 unspecified atom stereocenters. The number of amides is 1. The van der Waals surface area contributed by atoms with Crippen LogP contribution in [-0.2, 0) is 13.0 Å². The molecule has 1 heterocycles. The Labute approximate surface area is 135 Å². The van der Waals surface area contributed by atoms with Crippen molar-refractivity contribution in [1.29, 1.82) is 0 Å². The SMILES string of the molecule is COc1ccc(CCNC(=O)c2cc(CNC3CC3)on2)cc1. The average molecular weight is 315 g/mol. The zero-order valence-electron chi connectivity index (χ0n) is 13.2. The van der Waals surface area contributed by atoms with Gasteiger partial charge in [-0.3, -0.25) is 4.79 Å². The van der Waals surface area contributed by atoms with Crippen molar-refractivity contribution in [1.82, 2.24) is 15.8 Å². The molecule has 1 aromatic carbocycles. The topological polar surface area (TPSA) is 76.4 Å². The second kappa shape index (κ2) is 7.28. The van der Waals surface area contributed by atoms with E-state index in [0.29, 0.717) is 30.6 Å². The summed E-state index contributed by atoms with van der Waals surface area (Å²) in [7, 11) is 1.64. The zero-order valence-corrected chi connectivity index (χ0v) is 13.2. The van der Waals surface area contributed by atoms with Crippen LogP contribution in [0.25, 0.3) is 0 Å². The van der Waals surface area contributed by atoms with Gasteiger partial charge in [-0.25, -0.2) is 0 Å². The molecule has 2 aromatic rings. The number of hydrogen-bond donors (Lipinski definition) is 2. The van der Waals surface area contributed by atoms with Crippen LogP contribution >= 0.6 is 0 Å². The molecule has 1 aromatic heterocycles. The standard InChI is InChI=1S/C17H21N3O3/c1-22-14-6-2-12(3-7-14)8-9-18-17(21)16-10-15(23-20-16)11-19-13-4-5-13/h2-3,6-7,10,13,19H,4-5,8-9,11H2,1H3,(H,18,21). The summed E-state index contributed by atoms with van der Waals surface area (Å²) in [5.41, 5.74) is 1.47. The summed E-state index contributed by atoms with van der Waals surface area (Å²) in [6.07, 6.45) is 3.18. The normalized spacial score (nSPS) is 13.8. The van der Waals surface area contributed by atoms with Crippen LogP contribution in [0.5, 0.6) is 5.75 Å². The number of nitrogens with one attached hydrogen (secondary N) is 2. The van der Waals surface area contributed by atoms with Crippen molar-refractivity contribution < 1.29 is 14.1 Å². The molecule has 6 heteroatoms. The van der Waals surface area contributed by atoms with Gasteiger partial charge >= 0.3 is 0 Å². The highest BCUT2D eigenvalue weighted by molar-refractivity contribution is 5.92. The van der Waals surface area contributed by atoms with Crippen molar-refractivity contribution >= 4 is 5.91 Å². The predicted molar refractivity (Wildman–Crippen MR) is 85.4 cm³/mol. The molecule has 23 heavy (non-hydrogen) atoms. The minimum Gasteiger partial charge on any atom is -0.497 e. The Balaban J connectivity index is 1.42. The Morgan fingerprint density at radius 2 is 2.13 bits per heavy atom. The van der Waals surface area contributed by atoms with E-state index in [9.17, 15) is 4.79 Å². The van der Waals surface area contributed by atoms with Crippen molar-refractivity contribution in [2.24, 2.45) is 0 Å². The van der Waals surface area contributed by atoms with E-state index in [0.717, 1.165) is 17.7 Å². The number of rotatable bonds is 8. The smallest absolute Gasteiger partial charge is 0.273 e. The summed E-state index contributed by atoms with van der Waals surface area (Å²) in [5, 5.41) is 10.00. The Kier molecular flexibility index (Phi) is 4.92. The first kappa shape index (κ1) is 15.6. The fraction of sp³-hybridized carbons (Fsp3) is 0.412. The molecule has 0 atom stereocenters. The average Bonchev–Trinajstić information content (AvgIpc) is 3.29. The summed E-state index contributed by atoms with van der Waals surface area (Å²) < 4.78 is 10.3. The van der Waals surface area contributed by atoms with Gasteiger partial charge in [0.2, 0.25) is 0 Å². The van der Waals surface area contributed by atoms with Crippen LogP contribution in [0.2, 0.25) is 0 Å². The molecule has 122 valence electrons. The van der Waals surface area contributed by atoms with Gasteiger partial charge in [0.05, 0.1) is 13.7 Å². The van der Waals surface area contributed by atoms with Gasteiger partial charge in [-0.2, -0.15) is 0 Å². The highest BCUT2D eigenvalue weighted by atomic mass is 16.5. The Morgan fingerprint density at radius 1 is 1.35 bits per heavy atom. The molecule has 2 N–H and O–H groups in total. The van der Waals surface area contributed by atoms with E-state index in [1.54, 1.807) is 13.2 Å². The summed E-state index contributed by atoms with van der Waals surface area (Å²) in [4.78, 5) is 12.0. The molecule has 3 rings (SSSR count). The van der Waals surface area contributed by atoms with Gasteiger partial charge in [-0.05, 0) is 37.0 Å². The van der Waals surface area contributed by atoms with Crippen LogP contribution in [0, 0.1) is 0 Å². The monoisotopic (exact) mass is 315 g/mol. The molecule has 6 nitrogen and oxygen atoms in total. The van der Waals surface area contributed by atoms with Gasteiger partial charge in [0.15, 0.2) is 11.5 Å². The van der Waals surface area contributed by atoms with Crippen molar-refractivity contribution in [2.45, 2.75) is 31.8 Å². The van der Waals surface area contributed by atoms with Crippen LogP contribution in [0.15, 0.2) is 34.9 Å². The van der Waals surface area contributed by atoms with Gasteiger partial charge in [0, 0.05) is 18.7 Å². The maximum atomic E-state index is 12.0. The van der Waals surface area contributed by atoms with Gasteiger partial charge in [0.1, 0.15) is 5.75 Å². The second-order valence-electron chi connectivity index (χ2n) is 5.69. The quantitative estimate of drug-likeness (QED) is 0.778. The van der Waals surface area contributed by atoms with E-state index in [1.165, 1.54) is 12.8 Å². The van der Waals surface area contributed by atoms with Crippen molar-refractivity contribution in [3.63, 3.8) is 0 Å². The summed E-state index contributed by atoms with van der Waals surface area (Å²) in [6, 6.07) is 10.1. The van der Waals surface area contributed by atoms with E-state index < -0.39 is 0 Å². The lowest BCUT2D eigenvalue weighted by Crippen LogP contribution is -2.25. The molecule has 0 radical (unpaired) electrons. The largest absolute Gasteiger partial charge is 0.497 e. The predicted octanol–water partition coefficient (Wildman–Crippen LogP) is 1.91. The molecular weight excluding hydrogens is 294 g/mol. The van der Waals surface area contributed by atoms with Crippen LogP contribution < -0.4 is 15.4 Å². The second-order valence-corrected chi connectivity index (χ2v) is 5.69. The van der Waals surface area contributed by atoms with Crippen LogP contribution in [0.1, 0.15) is 34.7 Å². The molecule has 1 fully saturated rings. The minimum absolute atomic E-state index is 0.208. The maximum absolute atomic E-state index is 12.0. The minimum atomic E-state index is -0.208. The van der Waals surface area contributed by atoms with Crippen molar-refractivity contribution in [2.75, 3.05) is 13.7 Å². The third kappa shape index (κ3) is 4.56. The first-order valence-electron chi connectivity index (χ1n) is 7.84. The van der Waals surface area contributed by atoms with E-state index >= 15 is 0 Å². The Bertz CT molecular complexity index is 647. The Morgan fingerprint density at radius 3 is 2.83 bits per heavy atom. The highest BCUT2D eigenvalue weighted by Crippen LogP contribution is 2.19. The Hall–Kier alpha value is -2.34. The van der Waals surface area contributed by atoms with Gasteiger partial charge in [0.25, 0.3) is 5.91 Å². The molecule has 1 aliphatic carbocycles. The molecule has 0 saturated heterocycles. The highest BCUT2D eigenvalue weighted by Gasteiger charge is 2.21. The van der Waals surface area contributed by atoms with Crippen LogP contribution in [-0.4, -0.2) is 30.8 Å². The number of carbonyl (C=O) groups is 1. The first-order chi connectivity index (χ1) is 11.2.